The summed E-state index contributed by atoms with van der Waals surface area (Å²) in [6.07, 6.45) is 1.21. The molecule has 0 aliphatic rings. The molecule has 0 spiro atoms. The zero-order valence-corrected chi connectivity index (χ0v) is 22.5. The molecular weight excluding hydrogens is 492 g/mol. The van der Waals surface area contributed by atoms with Gasteiger partial charge in [-0.05, 0) is 83.5 Å². The first-order valence-corrected chi connectivity index (χ1v) is 12.9. The Balaban J connectivity index is 1.53. The molecule has 0 aliphatic heterocycles. The number of aryl methyl sites for hydroxylation is 1. The van der Waals surface area contributed by atoms with E-state index in [9.17, 15) is 4.79 Å². The van der Waals surface area contributed by atoms with Gasteiger partial charge in [-0.25, -0.2) is 0 Å². The molecule has 0 heterocycles. The van der Waals surface area contributed by atoms with Gasteiger partial charge in [-0.3, -0.25) is 4.79 Å². The molecule has 38 heavy (non-hydrogen) atoms. The highest BCUT2D eigenvalue weighted by molar-refractivity contribution is 6.30. The summed E-state index contributed by atoms with van der Waals surface area (Å²) in [7, 11) is 0. The molecule has 0 fully saturated rings. The summed E-state index contributed by atoms with van der Waals surface area (Å²) in [6.45, 7) is 7.84. The van der Waals surface area contributed by atoms with Gasteiger partial charge < -0.3 is 22.1 Å². The van der Waals surface area contributed by atoms with E-state index in [2.05, 4.69) is 60.5 Å². The van der Waals surface area contributed by atoms with Crippen molar-refractivity contribution in [2.45, 2.75) is 32.7 Å². The van der Waals surface area contributed by atoms with Crippen LogP contribution in [0, 0.1) is 6.92 Å². The van der Waals surface area contributed by atoms with Gasteiger partial charge >= 0.3 is 0 Å². The highest BCUT2D eigenvalue weighted by Crippen LogP contribution is 2.30. The van der Waals surface area contributed by atoms with E-state index in [0.717, 1.165) is 16.8 Å². The number of anilines is 3. The van der Waals surface area contributed by atoms with E-state index in [0.29, 0.717) is 34.9 Å². The Labute approximate surface area is 229 Å². The van der Waals surface area contributed by atoms with Crippen molar-refractivity contribution in [3.8, 4) is 11.1 Å². The molecule has 0 saturated carbocycles. The average Bonchev–Trinajstić information content (AvgIpc) is 2.88. The van der Waals surface area contributed by atoms with Crippen LogP contribution in [0.4, 0.5) is 17.1 Å². The SMILES string of the molecule is C=C(Nc1ccc(Cl)cc1Cc1ccc(N)c(NC(C)=O)c1)C(N)Cc1ccccc1-c1ccccc1C. The molecule has 1 amide bonds. The molecule has 5 nitrogen and oxygen atoms in total. The van der Waals surface area contributed by atoms with Gasteiger partial charge in [0.1, 0.15) is 0 Å². The van der Waals surface area contributed by atoms with Gasteiger partial charge in [-0.15, -0.1) is 0 Å². The van der Waals surface area contributed by atoms with E-state index in [1.807, 2.05) is 42.5 Å². The molecule has 4 aromatic carbocycles. The van der Waals surface area contributed by atoms with Crippen LogP contribution in [0.15, 0.2) is 97.2 Å². The predicted octanol–water partition coefficient (Wildman–Crippen LogP) is 6.94. The van der Waals surface area contributed by atoms with Crippen LogP contribution in [0.25, 0.3) is 11.1 Å². The largest absolute Gasteiger partial charge is 0.397 e. The van der Waals surface area contributed by atoms with E-state index >= 15 is 0 Å². The number of benzene rings is 4. The Hall–Kier alpha value is -4.06. The first kappa shape index (κ1) is 27.0. The van der Waals surface area contributed by atoms with Crippen LogP contribution in [0.3, 0.4) is 0 Å². The Bertz CT molecular complexity index is 1480. The quantitative estimate of drug-likeness (QED) is 0.178. The monoisotopic (exact) mass is 524 g/mol. The van der Waals surface area contributed by atoms with Crippen molar-refractivity contribution in [3.05, 3.63) is 124 Å². The summed E-state index contributed by atoms with van der Waals surface area (Å²) in [5.74, 6) is -0.173. The Morgan fingerprint density at radius 2 is 1.61 bits per heavy atom. The van der Waals surface area contributed by atoms with Crippen molar-refractivity contribution >= 4 is 34.6 Å². The van der Waals surface area contributed by atoms with Crippen molar-refractivity contribution in [3.63, 3.8) is 0 Å². The molecule has 6 heteroatoms. The Kier molecular flexibility index (Phi) is 8.52. The van der Waals surface area contributed by atoms with Gasteiger partial charge in [0.2, 0.25) is 5.91 Å². The third-order valence-electron chi connectivity index (χ3n) is 6.53. The maximum Gasteiger partial charge on any atom is 0.221 e. The standard InChI is InChI=1S/C32H33ClN4O/c1-20-8-4-6-10-27(20)28-11-7-5-9-24(28)19-30(35)21(2)36-31-15-13-26(33)18-25(31)16-23-12-14-29(34)32(17-23)37-22(3)38/h4-15,17-18,30,36H,2,16,19,34-35H2,1,3H3,(H,37,38). The first-order valence-electron chi connectivity index (χ1n) is 12.5. The van der Waals surface area contributed by atoms with Crippen LogP contribution in [0.5, 0.6) is 0 Å². The highest BCUT2D eigenvalue weighted by Gasteiger charge is 2.15. The maximum absolute atomic E-state index is 11.6. The van der Waals surface area contributed by atoms with E-state index in [1.165, 1.54) is 29.2 Å². The molecule has 4 rings (SSSR count). The fourth-order valence-corrected chi connectivity index (χ4v) is 4.72. The van der Waals surface area contributed by atoms with Crippen molar-refractivity contribution in [2.75, 3.05) is 16.4 Å². The maximum atomic E-state index is 11.6. The Morgan fingerprint density at radius 1 is 0.895 bits per heavy atom. The fourth-order valence-electron chi connectivity index (χ4n) is 4.52. The lowest BCUT2D eigenvalue weighted by Crippen LogP contribution is -2.29. The summed E-state index contributed by atoms with van der Waals surface area (Å²) in [5, 5.41) is 6.84. The van der Waals surface area contributed by atoms with Crippen LogP contribution in [0.2, 0.25) is 5.02 Å². The lowest BCUT2D eigenvalue weighted by molar-refractivity contribution is -0.114. The van der Waals surface area contributed by atoms with Crippen LogP contribution >= 0.6 is 11.6 Å². The van der Waals surface area contributed by atoms with Crippen LogP contribution in [0.1, 0.15) is 29.2 Å². The molecule has 0 bridgehead atoms. The Morgan fingerprint density at radius 3 is 2.34 bits per heavy atom. The van der Waals surface area contributed by atoms with Crippen molar-refractivity contribution in [1.29, 1.82) is 0 Å². The second kappa shape index (κ2) is 12.0. The van der Waals surface area contributed by atoms with E-state index < -0.39 is 0 Å². The normalized spacial score (nSPS) is 11.6. The van der Waals surface area contributed by atoms with Crippen molar-refractivity contribution in [2.24, 2.45) is 5.73 Å². The predicted molar refractivity (Wildman–Crippen MR) is 160 cm³/mol. The van der Waals surface area contributed by atoms with E-state index in [1.54, 1.807) is 6.07 Å². The fraction of sp³-hybridized carbons (Fsp3) is 0.156. The van der Waals surface area contributed by atoms with Gasteiger partial charge in [-0.1, -0.05) is 72.8 Å². The second-order valence-electron chi connectivity index (χ2n) is 9.51. The topological polar surface area (TPSA) is 93.2 Å². The number of nitrogens with two attached hydrogens (primary N) is 2. The molecule has 194 valence electrons. The third-order valence-corrected chi connectivity index (χ3v) is 6.76. The molecule has 0 saturated heterocycles. The van der Waals surface area contributed by atoms with Crippen LogP contribution in [-0.4, -0.2) is 11.9 Å². The number of carbonyl (C=O) groups excluding carboxylic acids is 1. The highest BCUT2D eigenvalue weighted by atomic mass is 35.5. The molecule has 1 unspecified atom stereocenters. The molecule has 0 aliphatic carbocycles. The second-order valence-corrected chi connectivity index (χ2v) is 9.95. The minimum Gasteiger partial charge on any atom is -0.397 e. The molecule has 0 aromatic heterocycles. The van der Waals surface area contributed by atoms with Crippen molar-refractivity contribution in [1.82, 2.24) is 0 Å². The number of nitrogen functional groups attached to an aromatic ring is 1. The lowest BCUT2D eigenvalue weighted by atomic mass is 9.92. The minimum atomic E-state index is -0.313. The summed E-state index contributed by atoms with van der Waals surface area (Å²) in [5.41, 5.74) is 22.1. The van der Waals surface area contributed by atoms with E-state index in [-0.39, 0.29) is 11.9 Å². The number of rotatable bonds is 9. The van der Waals surface area contributed by atoms with Gasteiger partial charge in [0.15, 0.2) is 0 Å². The molecular formula is C32H33ClN4O. The third kappa shape index (κ3) is 6.62. The van der Waals surface area contributed by atoms with Crippen LogP contribution in [-0.2, 0) is 17.6 Å². The summed E-state index contributed by atoms with van der Waals surface area (Å²) >= 11 is 6.35. The molecule has 1 atom stereocenters. The number of hydrogen-bond donors (Lipinski definition) is 4. The van der Waals surface area contributed by atoms with Gasteiger partial charge in [0, 0.05) is 29.4 Å². The van der Waals surface area contributed by atoms with Crippen molar-refractivity contribution < 1.29 is 4.79 Å². The van der Waals surface area contributed by atoms with Gasteiger partial charge in [0.05, 0.1) is 11.4 Å². The minimum absolute atomic E-state index is 0.173. The lowest BCUT2D eigenvalue weighted by Gasteiger charge is -2.21. The van der Waals surface area contributed by atoms with Crippen LogP contribution < -0.4 is 22.1 Å². The average molecular weight is 525 g/mol. The number of halogens is 1. The zero-order chi connectivity index (χ0) is 27.2. The number of nitrogens with one attached hydrogen (secondary N) is 2. The summed E-state index contributed by atoms with van der Waals surface area (Å²) in [4.78, 5) is 11.6. The molecule has 6 N–H and O–H groups in total. The number of carbonyl (C=O) groups is 1. The van der Waals surface area contributed by atoms with Gasteiger partial charge in [-0.2, -0.15) is 0 Å². The first-order chi connectivity index (χ1) is 18.2. The number of amides is 1. The summed E-state index contributed by atoms with van der Waals surface area (Å²) < 4.78 is 0. The van der Waals surface area contributed by atoms with Gasteiger partial charge in [0.25, 0.3) is 0 Å². The zero-order valence-electron chi connectivity index (χ0n) is 21.7. The smallest absolute Gasteiger partial charge is 0.221 e. The summed E-state index contributed by atoms with van der Waals surface area (Å²) in [6, 6.07) is 27.7. The number of hydrogen-bond acceptors (Lipinski definition) is 4. The van der Waals surface area contributed by atoms with E-state index in [4.69, 9.17) is 23.1 Å². The molecule has 0 radical (unpaired) electrons. The molecule has 4 aromatic rings.